The Balaban J connectivity index is 1.92. The Bertz CT molecular complexity index is 763. The minimum absolute atomic E-state index is 0.0844. The number of benzene rings is 1. The first kappa shape index (κ1) is 14.8. The van der Waals surface area contributed by atoms with E-state index in [2.05, 4.69) is 15.2 Å². The number of allylic oxidation sites excluding steroid dienone is 2. The monoisotopic (exact) mass is 306 g/mol. The summed E-state index contributed by atoms with van der Waals surface area (Å²) in [5.74, 6) is -0.0844. The van der Waals surface area contributed by atoms with Gasteiger partial charge in [0.1, 0.15) is 0 Å². The molecule has 0 spiro atoms. The molecule has 0 fully saturated rings. The second kappa shape index (κ2) is 6.36. The molecule has 1 aromatic carbocycles. The maximum absolute atomic E-state index is 11.1. The maximum Gasteiger partial charge on any atom is 0.221 e. The van der Waals surface area contributed by atoms with E-state index in [1.807, 2.05) is 54.7 Å². The summed E-state index contributed by atoms with van der Waals surface area (Å²) < 4.78 is 0. The predicted octanol–water partition coefficient (Wildman–Crippen LogP) is 2.74. The van der Waals surface area contributed by atoms with Gasteiger partial charge in [-0.05, 0) is 48.6 Å². The first-order chi connectivity index (χ1) is 11.1. The van der Waals surface area contributed by atoms with Gasteiger partial charge in [-0.1, -0.05) is 0 Å². The summed E-state index contributed by atoms with van der Waals surface area (Å²) in [4.78, 5) is 17.4. The molecule has 0 unspecified atom stereocenters. The van der Waals surface area contributed by atoms with Crippen LogP contribution in [0.2, 0.25) is 0 Å². The standard InChI is InChI=1S/C18H18N4O/c1-13(23)21-16-5-7-17(8-6-16)22-12-15(19)4-9-18(22)14-3-2-10-20-11-14/h2-11H,12,19H2,1H3,(H,21,23). The number of rotatable bonds is 3. The van der Waals surface area contributed by atoms with Crippen LogP contribution in [0.15, 0.2) is 66.6 Å². The van der Waals surface area contributed by atoms with E-state index in [1.54, 1.807) is 6.20 Å². The largest absolute Gasteiger partial charge is 0.401 e. The molecule has 1 aliphatic rings. The number of hydrogen-bond acceptors (Lipinski definition) is 4. The van der Waals surface area contributed by atoms with Crippen molar-refractivity contribution in [2.24, 2.45) is 5.73 Å². The van der Waals surface area contributed by atoms with Crippen LogP contribution in [-0.4, -0.2) is 17.4 Å². The molecule has 3 rings (SSSR count). The van der Waals surface area contributed by atoms with Gasteiger partial charge < -0.3 is 16.0 Å². The van der Waals surface area contributed by atoms with Crippen molar-refractivity contribution in [3.05, 3.63) is 72.2 Å². The predicted molar refractivity (Wildman–Crippen MR) is 92.6 cm³/mol. The van der Waals surface area contributed by atoms with Crippen molar-refractivity contribution >= 4 is 23.0 Å². The van der Waals surface area contributed by atoms with Gasteiger partial charge in [-0.25, -0.2) is 0 Å². The van der Waals surface area contributed by atoms with Gasteiger partial charge in [0, 0.05) is 42.0 Å². The molecule has 0 bridgehead atoms. The lowest BCUT2D eigenvalue weighted by molar-refractivity contribution is -0.114. The van der Waals surface area contributed by atoms with E-state index >= 15 is 0 Å². The lowest BCUT2D eigenvalue weighted by Gasteiger charge is -2.30. The van der Waals surface area contributed by atoms with Gasteiger partial charge in [0.2, 0.25) is 5.91 Å². The van der Waals surface area contributed by atoms with E-state index in [0.717, 1.165) is 28.3 Å². The van der Waals surface area contributed by atoms with Crippen molar-refractivity contribution in [1.29, 1.82) is 0 Å². The van der Waals surface area contributed by atoms with Gasteiger partial charge in [0.25, 0.3) is 0 Å². The lowest BCUT2D eigenvalue weighted by Crippen LogP contribution is -2.29. The number of amides is 1. The lowest BCUT2D eigenvalue weighted by atomic mass is 10.1. The SMILES string of the molecule is CC(=O)Nc1ccc(N2CC(N)=CC=C2c2cccnc2)cc1. The summed E-state index contributed by atoms with van der Waals surface area (Å²) in [5.41, 5.74) is 10.6. The van der Waals surface area contributed by atoms with E-state index in [-0.39, 0.29) is 5.91 Å². The summed E-state index contributed by atoms with van der Waals surface area (Å²) in [6.07, 6.45) is 7.51. The summed E-state index contributed by atoms with van der Waals surface area (Å²) >= 11 is 0. The highest BCUT2D eigenvalue weighted by Gasteiger charge is 2.17. The number of aromatic nitrogens is 1. The highest BCUT2D eigenvalue weighted by Crippen LogP contribution is 2.29. The molecular formula is C18H18N4O. The third kappa shape index (κ3) is 3.40. The Kier molecular flexibility index (Phi) is 4.10. The second-order valence-electron chi connectivity index (χ2n) is 5.35. The normalized spacial score (nSPS) is 14.0. The van der Waals surface area contributed by atoms with Crippen LogP contribution in [0.3, 0.4) is 0 Å². The Morgan fingerprint density at radius 2 is 2.00 bits per heavy atom. The molecule has 0 saturated carbocycles. The average molecular weight is 306 g/mol. The van der Waals surface area contributed by atoms with Crippen LogP contribution in [0.5, 0.6) is 0 Å². The number of nitrogens with one attached hydrogen (secondary N) is 1. The number of pyridine rings is 1. The molecule has 1 aliphatic heterocycles. The number of carbonyl (C=O) groups excluding carboxylic acids is 1. The molecule has 2 heterocycles. The molecule has 1 amide bonds. The summed E-state index contributed by atoms with van der Waals surface area (Å²) in [6, 6.07) is 11.6. The maximum atomic E-state index is 11.1. The zero-order chi connectivity index (χ0) is 16.2. The molecule has 2 aromatic rings. The molecule has 23 heavy (non-hydrogen) atoms. The van der Waals surface area contributed by atoms with Gasteiger partial charge >= 0.3 is 0 Å². The average Bonchev–Trinajstić information content (AvgIpc) is 2.56. The highest BCUT2D eigenvalue weighted by atomic mass is 16.1. The minimum Gasteiger partial charge on any atom is -0.401 e. The van der Waals surface area contributed by atoms with Crippen molar-refractivity contribution in [3.8, 4) is 0 Å². The molecule has 3 N–H and O–H groups in total. The highest BCUT2D eigenvalue weighted by molar-refractivity contribution is 5.89. The third-order valence-corrected chi connectivity index (χ3v) is 3.54. The second-order valence-corrected chi connectivity index (χ2v) is 5.35. The molecule has 0 atom stereocenters. The Labute approximate surface area is 135 Å². The van der Waals surface area contributed by atoms with Gasteiger partial charge in [-0.2, -0.15) is 0 Å². The van der Waals surface area contributed by atoms with Crippen molar-refractivity contribution in [1.82, 2.24) is 4.98 Å². The summed E-state index contributed by atoms with van der Waals surface area (Å²) in [5, 5.41) is 2.77. The number of anilines is 2. The molecule has 116 valence electrons. The van der Waals surface area contributed by atoms with Gasteiger partial charge in [0.15, 0.2) is 0 Å². The molecule has 0 aliphatic carbocycles. The quantitative estimate of drug-likeness (QED) is 0.914. The van der Waals surface area contributed by atoms with E-state index < -0.39 is 0 Å². The van der Waals surface area contributed by atoms with Crippen LogP contribution in [0.4, 0.5) is 11.4 Å². The number of nitrogens with zero attached hydrogens (tertiary/aromatic N) is 2. The Morgan fingerprint density at radius 3 is 2.65 bits per heavy atom. The Hall–Kier alpha value is -3.08. The summed E-state index contributed by atoms with van der Waals surface area (Å²) in [6.45, 7) is 2.10. The van der Waals surface area contributed by atoms with E-state index in [9.17, 15) is 4.79 Å². The fraction of sp³-hybridized carbons (Fsp3) is 0.111. The minimum atomic E-state index is -0.0844. The van der Waals surface area contributed by atoms with Crippen LogP contribution in [0, 0.1) is 0 Å². The van der Waals surface area contributed by atoms with Crippen molar-refractivity contribution < 1.29 is 4.79 Å². The fourth-order valence-electron chi connectivity index (χ4n) is 2.52. The zero-order valence-electron chi connectivity index (χ0n) is 12.9. The van der Waals surface area contributed by atoms with Crippen LogP contribution in [-0.2, 0) is 4.79 Å². The van der Waals surface area contributed by atoms with Crippen molar-refractivity contribution in [3.63, 3.8) is 0 Å². The van der Waals surface area contributed by atoms with Gasteiger partial charge in [0.05, 0.1) is 12.2 Å². The van der Waals surface area contributed by atoms with Gasteiger partial charge in [-0.15, -0.1) is 0 Å². The first-order valence-electron chi connectivity index (χ1n) is 7.35. The summed E-state index contributed by atoms with van der Waals surface area (Å²) in [7, 11) is 0. The fourth-order valence-corrected chi connectivity index (χ4v) is 2.52. The number of hydrogen-bond donors (Lipinski definition) is 2. The van der Waals surface area contributed by atoms with Crippen LogP contribution in [0.1, 0.15) is 12.5 Å². The molecule has 1 aromatic heterocycles. The third-order valence-electron chi connectivity index (χ3n) is 3.54. The first-order valence-corrected chi connectivity index (χ1v) is 7.35. The van der Waals surface area contributed by atoms with E-state index in [1.165, 1.54) is 6.92 Å². The topological polar surface area (TPSA) is 71.2 Å². The molecule has 0 saturated heterocycles. The van der Waals surface area contributed by atoms with Crippen LogP contribution < -0.4 is 16.0 Å². The van der Waals surface area contributed by atoms with E-state index in [4.69, 9.17) is 5.73 Å². The molecular weight excluding hydrogens is 288 g/mol. The molecule has 5 nitrogen and oxygen atoms in total. The number of carbonyl (C=O) groups is 1. The zero-order valence-corrected chi connectivity index (χ0v) is 12.9. The van der Waals surface area contributed by atoms with E-state index in [0.29, 0.717) is 6.54 Å². The van der Waals surface area contributed by atoms with Crippen LogP contribution in [0.25, 0.3) is 5.70 Å². The smallest absolute Gasteiger partial charge is 0.221 e. The van der Waals surface area contributed by atoms with Gasteiger partial charge in [-0.3, -0.25) is 9.78 Å². The number of nitrogens with two attached hydrogens (primary N) is 1. The van der Waals surface area contributed by atoms with Crippen LogP contribution >= 0.6 is 0 Å². The molecule has 0 radical (unpaired) electrons. The molecule has 5 heteroatoms. The van der Waals surface area contributed by atoms with Crippen molar-refractivity contribution in [2.45, 2.75) is 6.92 Å². The Morgan fingerprint density at radius 1 is 1.22 bits per heavy atom. The van der Waals surface area contributed by atoms with Crippen molar-refractivity contribution in [2.75, 3.05) is 16.8 Å².